The van der Waals surface area contributed by atoms with Crippen LogP contribution in [0.15, 0.2) is 29.7 Å². The molecular formula is C17H17N5O7. The lowest BCUT2D eigenvalue weighted by molar-refractivity contribution is -0.140. The molecule has 2 aliphatic heterocycles. The van der Waals surface area contributed by atoms with E-state index in [1.54, 1.807) is 12.1 Å². The summed E-state index contributed by atoms with van der Waals surface area (Å²) in [7, 11) is 2.45. The van der Waals surface area contributed by atoms with E-state index in [4.69, 9.17) is 23.7 Å². The fourth-order valence-corrected chi connectivity index (χ4v) is 3.07. The van der Waals surface area contributed by atoms with E-state index in [9.17, 15) is 9.59 Å². The first-order valence-electron chi connectivity index (χ1n) is 8.56. The molecule has 1 aromatic heterocycles. The van der Waals surface area contributed by atoms with Crippen LogP contribution in [-0.4, -0.2) is 72.9 Å². The fourth-order valence-electron chi connectivity index (χ4n) is 3.07. The van der Waals surface area contributed by atoms with Crippen molar-refractivity contribution in [2.45, 2.75) is 0 Å². The van der Waals surface area contributed by atoms with Gasteiger partial charge in [0.1, 0.15) is 32.0 Å². The summed E-state index contributed by atoms with van der Waals surface area (Å²) in [5.41, 5.74) is 0.957. The van der Waals surface area contributed by atoms with Crippen LogP contribution < -0.4 is 14.4 Å². The van der Waals surface area contributed by atoms with Crippen molar-refractivity contribution in [1.29, 1.82) is 0 Å². The number of ether oxygens (including phenoxy) is 5. The first-order chi connectivity index (χ1) is 14.1. The van der Waals surface area contributed by atoms with Crippen LogP contribution in [-0.2, 0) is 23.8 Å². The van der Waals surface area contributed by atoms with Crippen molar-refractivity contribution in [3.63, 3.8) is 0 Å². The van der Waals surface area contributed by atoms with Crippen LogP contribution >= 0.6 is 0 Å². The first kappa shape index (κ1) is 18.7. The molecule has 0 saturated carbocycles. The van der Waals surface area contributed by atoms with Crippen molar-refractivity contribution in [3.8, 4) is 17.2 Å². The van der Waals surface area contributed by atoms with Gasteiger partial charge in [0.25, 0.3) is 0 Å². The van der Waals surface area contributed by atoms with Gasteiger partial charge in [-0.1, -0.05) is 0 Å². The highest BCUT2D eigenvalue weighted by Gasteiger charge is 2.34. The molecule has 0 bridgehead atoms. The zero-order valence-corrected chi connectivity index (χ0v) is 15.7. The highest BCUT2D eigenvalue weighted by atomic mass is 16.6. The minimum Gasteiger partial charge on any atom is -0.486 e. The summed E-state index contributed by atoms with van der Waals surface area (Å²) < 4.78 is 28.0. The van der Waals surface area contributed by atoms with Crippen LogP contribution in [0, 0.1) is 0 Å². The molecule has 2 aromatic rings. The molecule has 0 atom stereocenters. The number of carbonyl (C=O) groups is 2. The number of aromatic nitrogens is 4. The Kier molecular flexibility index (Phi) is 4.99. The van der Waals surface area contributed by atoms with Crippen LogP contribution in [0.2, 0.25) is 0 Å². The molecule has 1 aromatic carbocycles. The van der Waals surface area contributed by atoms with Gasteiger partial charge in [-0.25, -0.2) is 9.59 Å². The second kappa shape index (κ2) is 7.75. The molecule has 0 saturated heterocycles. The van der Waals surface area contributed by atoms with Crippen LogP contribution in [0.3, 0.4) is 0 Å². The molecule has 0 amide bonds. The van der Waals surface area contributed by atoms with Gasteiger partial charge in [0, 0.05) is 12.1 Å². The number of hydrogen-bond donors (Lipinski definition) is 0. The highest BCUT2D eigenvalue weighted by Crippen LogP contribution is 2.40. The summed E-state index contributed by atoms with van der Waals surface area (Å²) in [4.78, 5) is 26.3. The third-order valence-corrected chi connectivity index (χ3v) is 4.36. The minimum atomic E-state index is -0.716. The zero-order chi connectivity index (χ0) is 20.4. The van der Waals surface area contributed by atoms with E-state index in [1.807, 2.05) is 0 Å². The Morgan fingerprint density at radius 2 is 1.72 bits per heavy atom. The van der Waals surface area contributed by atoms with Gasteiger partial charge in [0.05, 0.1) is 37.8 Å². The molecule has 0 spiro atoms. The second-order valence-electron chi connectivity index (χ2n) is 5.95. The van der Waals surface area contributed by atoms with E-state index in [2.05, 4.69) is 15.5 Å². The number of rotatable bonds is 4. The van der Waals surface area contributed by atoms with Gasteiger partial charge in [-0.2, -0.15) is 4.68 Å². The quantitative estimate of drug-likeness (QED) is 0.631. The second-order valence-corrected chi connectivity index (χ2v) is 5.95. The average Bonchev–Trinajstić information content (AvgIpc) is 3.31. The van der Waals surface area contributed by atoms with Crippen LogP contribution in [0.25, 0.3) is 5.69 Å². The maximum absolute atomic E-state index is 12.6. The molecule has 152 valence electrons. The average molecular weight is 403 g/mol. The zero-order valence-electron chi connectivity index (χ0n) is 15.7. The molecule has 0 aliphatic carbocycles. The minimum absolute atomic E-state index is 0.00315. The van der Waals surface area contributed by atoms with E-state index in [0.717, 1.165) is 0 Å². The van der Waals surface area contributed by atoms with Crippen molar-refractivity contribution >= 4 is 17.6 Å². The van der Waals surface area contributed by atoms with E-state index in [0.29, 0.717) is 36.1 Å². The Morgan fingerprint density at radius 3 is 2.34 bits per heavy atom. The number of esters is 2. The number of anilines is 1. The van der Waals surface area contributed by atoms with Crippen molar-refractivity contribution in [3.05, 3.63) is 29.7 Å². The largest absolute Gasteiger partial charge is 0.486 e. The predicted molar refractivity (Wildman–Crippen MR) is 94.5 cm³/mol. The van der Waals surface area contributed by atoms with Gasteiger partial charge < -0.3 is 28.6 Å². The Morgan fingerprint density at radius 1 is 1.03 bits per heavy atom. The van der Waals surface area contributed by atoms with Crippen LogP contribution in [0.4, 0.5) is 5.69 Å². The standard InChI is InChI=1S/C17H17N5O7/c1-25-16(23)10-7-27-9-21(15(10)17(24)26-2)11-5-13-14(29-4-3-28-13)6-12(11)22-8-18-19-20-22/h5-6,8H,3-4,7,9H2,1-2H3. The van der Waals surface area contributed by atoms with Crippen LogP contribution in [0.5, 0.6) is 11.5 Å². The summed E-state index contributed by atoms with van der Waals surface area (Å²) in [6.45, 7) is 0.645. The van der Waals surface area contributed by atoms with E-state index in [-0.39, 0.29) is 24.6 Å². The number of tetrazole rings is 1. The summed E-state index contributed by atoms with van der Waals surface area (Å²) in [5.74, 6) is -0.444. The summed E-state index contributed by atoms with van der Waals surface area (Å²) in [6, 6.07) is 3.35. The Balaban J connectivity index is 1.92. The molecule has 0 fully saturated rings. The van der Waals surface area contributed by atoms with Gasteiger partial charge in [-0.3, -0.25) is 0 Å². The fraction of sp³-hybridized carbons (Fsp3) is 0.353. The monoisotopic (exact) mass is 403 g/mol. The maximum Gasteiger partial charge on any atom is 0.355 e. The summed E-state index contributed by atoms with van der Waals surface area (Å²) in [5, 5.41) is 11.2. The molecule has 0 N–H and O–H groups in total. The van der Waals surface area contributed by atoms with Crippen molar-refractivity contribution in [2.24, 2.45) is 0 Å². The number of hydrogen-bond acceptors (Lipinski definition) is 11. The summed E-state index contributed by atoms with van der Waals surface area (Å²) >= 11 is 0. The van der Waals surface area contributed by atoms with Gasteiger partial charge in [-0.05, 0) is 10.4 Å². The van der Waals surface area contributed by atoms with E-state index >= 15 is 0 Å². The first-order valence-corrected chi connectivity index (χ1v) is 8.56. The smallest absolute Gasteiger partial charge is 0.355 e. The lowest BCUT2D eigenvalue weighted by atomic mass is 10.1. The number of nitrogens with zero attached hydrogens (tertiary/aromatic N) is 5. The molecule has 2 aliphatic rings. The SMILES string of the molecule is COC(=O)C1=C(C(=O)OC)N(c2cc3c(cc2-n2cnnn2)OCCO3)COC1. The Bertz CT molecular complexity index is 973. The predicted octanol–water partition coefficient (Wildman–Crippen LogP) is -0.172. The molecule has 12 nitrogen and oxygen atoms in total. The molecule has 12 heteroatoms. The van der Waals surface area contributed by atoms with Gasteiger partial charge in [0.15, 0.2) is 11.5 Å². The van der Waals surface area contributed by atoms with Gasteiger partial charge in [0.2, 0.25) is 0 Å². The van der Waals surface area contributed by atoms with E-state index in [1.165, 1.54) is 30.1 Å². The Hall–Kier alpha value is -3.67. The third kappa shape index (κ3) is 3.33. The Labute approximate surface area is 164 Å². The molecular weight excluding hydrogens is 386 g/mol. The van der Waals surface area contributed by atoms with Crippen molar-refractivity contribution in [1.82, 2.24) is 20.2 Å². The number of carbonyl (C=O) groups excluding carboxylic acids is 2. The topological polar surface area (TPSA) is 127 Å². The lowest BCUT2D eigenvalue weighted by Crippen LogP contribution is -2.39. The van der Waals surface area contributed by atoms with Crippen molar-refractivity contribution < 1.29 is 33.3 Å². The van der Waals surface area contributed by atoms with Crippen molar-refractivity contribution in [2.75, 3.05) is 45.7 Å². The lowest BCUT2D eigenvalue weighted by Gasteiger charge is -2.33. The maximum atomic E-state index is 12.6. The van der Waals surface area contributed by atoms with Gasteiger partial charge in [-0.15, -0.1) is 5.10 Å². The molecule has 29 heavy (non-hydrogen) atoms. The normalized spacial score (nSPS) is 15.9. The molecule has 4 rings (SSSR count). The summed E-state index contributed by atoms with van der Waals surface area (Å²) in [6.07, 6.45) is 1.39. The molecule has 0 unspecified atom stereocenters. The number of methoxy groups -OCH3 is 2. The third-order valence-electron chi connectivity index (χ3n) is 4.36. The van der Waals surface area contributed by atoms with E-state index < -0.39 is 11.9 Å². The highest BCUT2D eigenvalue weighted by molar-refractivity contribution is 6.03. The number of fused-ring (bicyclic) bond motifs is 1. The molecule has 0 radical (unpaired) electrons. The number of benzene rings is 1. The van der Waals surface area contributed by atoms with Gasteiger partial charge >= 0.3 is 11.9 Å². The van der Waals surface area contributed by atoms with Crippen LogP contribution in [0.1, 0.15) is 0 Å². The molecule has 3 heterocycles.